The summed E-state index contributed by atoms with van der Waals surface area (Å²) in [5.74, 6) is -0.153. The van der Waals surface area contributed by atoms with Crippen molar-refractivity contribution in [3.05, 3.63) is 72.8 Å². The Labute approximate surface area is 246 Å². The second-order valence-corrected chi connectivity index (χ2v) is 12.5. The van der Waals surface area contributed by atoms with Gasteiger partial charge >= 0.3 is 0 Å². The third-order valence-electron chi connectivity index (χ3n) is 7.72. The van der Waals surface area contributed by atoms with E-state index >= 15 is 0 Å². The second-order valence-electron chi connectivity index (χ2n) is 10.6. The zero-order valence-electron chi connectivity index (χ0n) is 24.0. The number of pyridine rings is 1. The maximum absolute atomic E-state index is 13.8. The van der Waals surface area contributed by atoms with E-state index in [-0.39, 0.29) is 18.0 Å². The zero-order chi connectivity index (χ0) is 29.7. The second kappa shape index (κ2) is 13.1. The molecule has 1 saturated heterocycles. The first kappa shape index (κ1) is 29.8. The first-order valence-corrected chi connectivity index (χ1v) is 16.0. The van der Waals surface area contributed by atoms with Crippen LogP contribution >= 0.6 is 0 Å². The Hall–Kier alpha value is -3.67. The van der Waals surface area contributed by atoms with Gasteiger partial charge in [0, 0.05) is 49.8 Å². The van der Waals surface area contributed by atoms with Gasteiger partial charge in [-0.25, -0.2) is 17.8 Å². The van der Waals surface area contributed by atoms with E-state index in [1.807, 2.05) is 37.3 Å². The number of hydrogen-bond donors (Lipinski definition) is 1. The lowest BCUT2D eigenvalue weighted by Crippen LogP contribution is -2.59. The predicted molar refractivity (Wildman–Crippen MR) is 162 cm³/mol. The van der Waals surface area contributed by atoms with Crippen LogP contribution < -0.4 is 5.32 Å². The molecule has 1 unspecified atom stereocenters. The SMILES string of the molecule is CCCCCCN1CCN(S(=O)(=O)c2ccc(F)cc2)C(C(=O)Nc2ccc3c(c2)nc(-c2cccnc2)n3CC)C1. The van der Waals surface area contributed by atoms with Crippen LogP contribution in [-0.2, 0) is 21.4 Å². The van der Waals surface area contributed by atoms with Gasteiger partial charge in [-0.15, -0.1) is 0 Å². The molecule has 0 aliphatic carbocycles. The summed E-state index contributed by atoms with van der Waals surface area (Å²) in [4.78, 5) is 24.9. The number of carbonyl (C=O) groups excluding carboxylic acids is 1. The van der Waals surface area contributed by atoms with Crippen molar-refractivity contribution in [3.63, 3.8) is 0 Å². The number of benzene rings is 2. The molecule has 2 aromatic carbocycles. The van der Waals surface area contributed by atoms with E-state index in [4.69, 9.17) is 4.98 Å². The molecule has 0 saturated carbocycles. The molecule has 222 valence electrons. The highest BCUT2D eigenvalue weighted by molar-refractivity contribution is 7.89. The van der Waals surface area contributed by atoms with Crippen LogP contribution in [0.3, 0.4) is 0 Å². The summed E-state index contributed by atoms with van der Waals surface area (Å²) in [7, 11) is -4.03. The summed E-state index contributed by atoms with van der Waals surface area (Å²) in [6, 6.07) is 13.1. The van der Waals surface area contributed by atoms with Gasteiger partial charge < -0.3 is 9.88 Å². The number of rotatable bonds is 11. The number of unbranched alkanes of at least 4 members (excludes halogenated alkanes) is 3. The van der Waals surface area contributed by atoms with E-state index < -0.39 is 27.8 Å². The van der Waals surface area contributed by atoms with Gasteiger partial charge in [-0.1, -0.05) is 26.2 Å². The number of fused-ring (bicyclic) bond motifs is 1. The number of nitrogens with one attached hydrogen (secondary N) is 1. The molecule has 0 spiro atoms. The molecule has 4 aromatic rings. The van der Waals surface area contributed by atoms with Crippen molar-refractivity contribution in [2.24, 2.45) is 0 Å². The third kappa shape index (κ3) is 6.38. The molecule has 0 radical (unpaired) electrons. The molecule has 42 heavy (non-hydrogen) atoms. The van der Waals surface area contributed by atoms with Crippen molar-refractivity contribution in [3.8, 4) is 11.4 Å². The molecule has 2 aromatic heterocycles. The molecule has 3 heterocycles. The number of nitrogens with zero attached hydrogens (tertiary/aromatic N) is 5. The monoisotopic (exact) mass is 592 g/mol. The van der Waals surface area contributed by atoms with E-state index in [2.05, 4.69) is 26.7 Å². The van der Waals surface area contributed by atoms with E-state index in [1.54, 1.807) is 12.4 Å². The molecule has 0 bridgehead atoms. The fourth-order valence-corrected chi connectivity index (χ4v) is 7.07. The van der Waals surface area contributed by atoms with Gasteiger partial charge in [0.1, 0.15) is 17.7 Å². The van der Waals surface area contributed by atoms with Crippen LogP contribution in [0, 0.1) is 5.82 Å². The number of aromatic nitrogens is 3. The Morgan fingerprint density at radius 3 is 2.57 bits per heavy atom. The van der Waals surface area contributed by atoms with Crippen molar-refractivity contribution in [1.29, 1.82) is 0 Å². The predicted octanol–water partition coefficient (Wildman–Crippen LogP) is 5.15. The fourth-order valence-electron chi connectivity index (χ4n) is 5.50. The lowest BCUT2D eigenvalue weighted by molar-refractivity contribution is -0.121. The van der Waals surface area contributed by atoms with Gasteiger partial charge in [0.05, 0.1) is 15.9 Å². The molecule has 1 aliphatic rings. The van der Waals surface area contributed by atoms with Crippen molar-refractivity contribution in [2.75, 3.05) is 31.5 Å². The number of aryl methyl sites for hydroxylation is 1. The zero-order valence-corrected chi connectivity index (χ0v) is 24.9. The van der Waals surface area contributed by atoms with E-state index in [1.165, 1.54) is 16.4 Å². The Morgan fingerprint density at radius 2 is 1.86 bits per heavy atom. The van der Waals surface area contributed by atoms with Crippen LogP contribution in [-0.4, -0.2) is 70.3 Å². The van der Waals surface area contributed by atoms with E-state index in [0.717, 1.165) is 61.3 Å². The molecular formula is C31H37FN6O3S. The highest BCUT2D eigenvalue weighted by Crippen LogP contribution is 2.28. The van der Waals surface area contributed by atoms with Crippen LogP contribution in [0.15, 0.2) is 71.9 Å². The maximum atomic E-state index is 13.8. The number of halogens is 1. The van der Waals surface area contributed by atoms with Crippen LogP contribution in [0.5, 0.6) is 0 Å². The first-order valence-electron chi connectivity index (χ1n) is 14.5. The summed E-state index contributed by atoms with van der Waals surface area (Å²) in [6.45, 7) is 6.67. The molecule has 1 N–H and O–H groups in total. The van der Waals surface area contributed by atoms with Crippen molar-refractivity contribution in [2.45, 2.75) is 57.0 Å². The van der Waals surface area contributed by atoms with Gasteiger partial charge in [-0.05, 0) is 74.5 Å². The minimum Gasteiger partial charge on any atom is -0.325 e. The Balaban J connectivity index is 1.41. The average molecular weight is 593 g/mol. The van der Waals surface area contributed by atoms with Gasteiger partial charge in [-0.3, -0.25) is 14.7 Å². The van der Waals surface area contributed by atoms with Gasteiger partial charge in [0.2, 0.25) is 15.9 Å². The van der Waals surface area contributed by atoms with E-state index in [9.17, 15) is 17.6 Å². The van der Waals surface area contributed by atoms with Crippen LogP contribution in [0.25, 0.3) is 22.4 Å². The molecular weight excluding hydrogens is 555 g/mol. The topological polar surface area (TPSA) is 100 Å². The van der Waals surface area contributed by atoms with Crippen LogP contribution in [0.2, 0.25) is 0 Å². The molecule has 9 nitrogen and oxygen atoms in total. The van der Waals surface area contributed by atoms with Gasteiger partial charge in [0.25, 0.3) is 0 Å². The molecule has 1 amide bonds. The highest BCUT2D eigenvalue weighted by atomic mass is 32.2. The molecule has 1 aliphatic heterocycles. The number of hydrogen-bond acceptors (Lipinski definition) is 6. The van der Waals surface area contributed by atoms with Gasteiger partial charge in [-0.2, -0.15) is 4.31 Å². The van der Waals surface area contributed by atoms with Crippen LogP contribution in [0.4, 0.5) is 10.1 Å². The highest BCUT2D eigenvalue weighted by Gasteiger charge is 2.40. The number of anilines is 1. The summed E-state index contributed by atoms with van der Waals surface area (Å²) in [5, 5.41) is 2.96. The lowest BCUT2D eigenvalue weighted by atomic mass is 10.1. The minimum absolute atomic E-state index is 0.0347. The summed E-state index contributed by atoms with van der Waals surface area (Å²) in [6.07, 6.45) is 7.83. The number of piperazine rings is 1. The standard InChI is InChI=1S/C31H37FN6O3S/c1-3-5-6-7-17-36-18-19-38(42(40,41)26-13-10-24(32)11-14-26)29(22-36)31(39)34-25-12-15-28-27(20-25)35-30(37(28)4-2)23-9-8-16-33-21-23/h8-16,20-21,29H,3-7,17-19,22H2,1-2H3,(H,34,39). The summed E-state index contributed by atoms with van der Waals surface area (Å²) < 4.78 is 44.2. The molecule has 11 heteroatoms. The van der Waals surface area contributed by atoms with Crippen LogP contribution in [0.1, 0.15) is 39.5 Å². The minimum atomic E-state index is -4.03. The Bertz CT molecular complexity index is 1630. The number of imidazole rings is 1. The van der Waals surface area contributed by atoms with Gasteiger partial charge in [0.15, 0.2) is 0 Å². The lowest BCUT2D eigenvalue weighted by Gasteiger charge is -2.39. The van der Waals surface area contributed by atoms with Crippen molar-refractivity contribution >= 4 is 32.7 Å². The largest absolute Gasteiger partial charge is 0.325 e. The molecule has 1 fully saturated rings. The number of carbonyl (C=O) groups is 1. The fraction of sp³-hybridized carbons (Fsp3) is 0.387. The smallest absolute Gasteiger partial charge is 0.244 e. The summed E-state index contributed by atoms with van der Waals surface area (Å²) >= 11 is 0. The average Bonchev–Trinajstić information content (AvgIpc) is 3.38. The Kier molecular flexibility index (Phi) is 9.30. The molecule has 1 atom stereocenters. The quantitative estimate of drug-likeness (QED) is 0.242. The number of amides is 1. The maximum Gasteiger partial charge on any atom is 0.244 e. The van der Waals surface area contributed by atoms with E-state index in [0.29, 0.717) is 24.3 Å². The van der Waals surface area contributed by atoms with Crippen molar-refractivity contribution < 1.29 is 17.6 Å². The number of sulfonamides is 1. The van der Waals surface area contributed by atoms with Crippen molar-refractivity contribution in [1.82, 2.24) is 23.7 Å². The normalized spacial score (nSPS) is 16.6. The molecule has 5 rings (SSSR count). The third-order valence-corrected chi connectivity index (χ3v) is 9.64. The first-order chi connectivity index (χ1) is 20.3. The summed E-state index contributed by atoms with van der Waals surface area (Å²) in [5.41, 5.74) is 3.06. The Morgan fingerprint density at radius 1 is 1.05 bits per heavy atom.